The van der Waals surface area contributed by atoms with E-state index in [0.29, 0.717) is 56.8 Å². The van der Waals surface area contributed by atoms with Crippen molar-refractivity contribution in [2.75, 3.05) is 24.9 Å². The van der Waals surface area contributed by atoms with Crippen molar-refractivity contribution in [1.82, 2.24) is 14.8 Å². The summed E-state index contributed by atoms with van der Waals surface area (Å²) in [6.45, 7) is 2.11. The van der Waals surface area contributed by atoms with E-state index in [1.807, 2.05) is 55.5 Å². The van der Waals surface area contributed by atoms with Gasteiger partial charge < -0.3 is 24.8 Å². The highest BCUT2D eigenvalue weighted by Crippen LogP contribution is 2.39. The van der Waals surface area contributed by atoms with Gasteiger partial charge in [-0.2, -0.15) is 10.1 Å². The maximum absolute atomic E-state index is 13.8. The van der Waals surface area contributed by atoms with Crippen LogP contribution in [0.1, 0.15) is 24.1 Å². The molecule has 2 heterocycles. The van der Waals surface area contributed by atoms with Crippen LogP contribution in [0.2, 0.25) is 10.0 Å². The molecule has 9 nitrogen and oxygen atoms in total. The van der Waals surface area contributed by atoms with E-state index in [9.17, 15) is 4.79 Å². The maximum Gasteiger partial charge on any atom is 0.255 e. The van der Waals surface area contributed by atoms with Crippen LogP contribution in [0.25, 0.3) is 0 Å². The molecule has 2 N–H and O–H groups in total. The third kappa shape index (κ3) is 5.36. The van der Waals surface area contributed by atoms with Gasteiger partial charge >= 0.3 is 0 Å². The first-order valence-corrected chi connectivity index (χ1v) is 12.7. The molecule has 0 spiro atoms. The van der Waals surface area contributed by atoms with Gasteiger partial charge in [0.05, 0.1) is 30.5 Å². The Morgan fingerprint density at radius 2 is 1.82 bits per heavy atom. The van der Waals surface area contributed by atoms with Crippen LogP contribution in [0, 0.1) is 0 Å². The van der Waals surface area contributed by atoms with Gasteiger partial charge in [0.25, 0.3) is 5.91 Å². The second-order valence-corrected chi connectivity index (χ2v) is 9.50. The van der Waals surface area contributed by atoms with Crippen molar-refractivity contribution in [2.24, 2.45) is 0 Å². The van der Waals surface area contributed by atoms with E-state index in [0.717, 1.165) is 11.1 Å². The Hall–Kier alpha value is -4.21. The van der Waals surface area contributed by atoms with E-state index < -0.39 is 6.04 Å². The van der Waals surface area contributed by atoms with Crippen molar-refractivity contribution in [3.63, 3.8) is 0 Å². The Kier molecular flexibility index (Phi) is 7.63. The first-order chi connectivity index (χ1) is 18.9. The molecule has 0 unspecified atom stereocenters. The van der Waals surface area contributed by atoms with E-state index in [1.165, 1.54) is 20.5 Å². The molecule has 3 aromatic carbocycles. The molecule has 1 aliphatic heterocycles. The fraction of sp³-hybridized carbons (Fsp3) is 0.179. The Labute approximate surface area is 235 Å². The van der Waals surface area contributed by atoms with Gasteiger partial charge in [0.1, 0.15) is 36.2 Å². The summed E-state index contributed by atoms with van der Waals surface area (Å²) in [5.41, 5.74) is 3.12. The Bertz CT molecular complexity index is 1570. The minimum atomic E-state index is -0.590. The molecule has 0 fully saturated rings. The minimum absolute atomic E-state index is 0.296. The smallest absolute Gasteiger partial charge is 0.255 e. The van der Waals surface area contributed by atoms with Crippen molar-refractivity contribution in [1.29, 1.82) is 0 Å². The monoisotopic (exact) mass is 565 g/mol. The largest absolute Gasteiger partial charge is 0.495 e. The molecular formula is C28H25Cl2N5O4. The molecule has 39 heavy (non-hydrogen) atoms. The lowest BCUT2D eigenvalue weighted by atomic mass is 9.94. The first kappa shape index (κ1) is 26.4. The molecule has 1 atom stereocenters. The highest BCUT2D eigenvalue weighted by Gasteiger charge is 2.34. The molecule has 4 aromatic rings. The lowest BCUT2D eigenvalue weighted by Gasteiger charge is -2.29. The quantitative estimate of drug-likeness (QED) is 0.266. The van der Waals surface area contributed by atoms with Gasteiger partial charge in [-0.3, -0.25) is 4.79 Å². The summed E-state index contributed by atoms with van der Waals surface area (Å²) in [6.07, 6.45) is 1.44. The van der Waals surface area contributed by atoms with Crippen LogP contribution in [0.5, 0.6) is 17.2 Å². The number of nitrogens with one attached hydrogen (secondary N) is 2. The van der Waals surface area contributed by atoms with Gasteiger partial charge in [0.2, 0.25) is 5.95 Å². The molecular weight excluding hydrogens is 541 g/mol. The predicted molar refractivity (Wildman–Crippen MR) is 150 cm³/mol. The van der Waals surface area contributed by atoms with Crippen LogP contribution in [0.3, 0.4) is 0 Å². The number of hydrogen-bond donors (Lipinski definition) is 2. The van der Waals surface area contributed by atoms with Crippen LogP contribution < -0.4 is 24.8 Å². The summed E-state index contributed by atoms with van der Waals surface area (Å²) in [5.74, 6) is 1.57. The number of amides is 1. The fourth-order valence-electron chi connectivity index (χ4n) is 4.39. The molecule has 11 heteroatoms. The lowest BCUT2D eigenvalue weighted by Crippen LogP contribution is -2.31. The highest BCUT2D eigenvalue weighted by molar-refractivity contribution is 6.32. The second kappa shape index (κ2) is 11.3. The molecule has 0 saturated heterocycles. The summed E-state index contributed by atoms with van der Waals surface area (Å²) in [6, 6.07) is 17.6. The van der Waals surface area contributed by atoms with Crippen molar-refractivity contribution >= 4 is 40.7 Å². The number of benzene rings is 3. The molecule has 5 rings (SSSR count). The van der Waals surface area contributed by atoms with Crippen molar-refractivity contribution in [3.8, 4) is 17.2 Å². The number of nitrogens with zero attached hydrogens (tertiary/aromatic N) is 3. The third-order valence-corrected chi connectivity index (χ3v) is 6.95. The average Bonchev–Trinajstić information content (AvgIpc) is 3.40. The van der Waals surface area contributed by atoms with E-state index in [2.05, 4.69) is 20.7 Å². The van der Waals surface area contributed by atoms with Crippen molar-refractivity contribution in [2.45, 2.75) is 19.6 Å². The number of halogens is 2. The number of rotatable bonds is 8. The van der Waals surface area contributed by atoms with E-state index >= 15 is 0 Å². The average molecular weight is 566 g/mol. The second-order valence-electron chi connectivity index (χ2n) is 8.69. The zero-order valence-electron chi connectivity index (χ0n) is 21.4. The minimum Gasteiger partial charge on any atom is -0.495 e. The molecule has 0 bridgehead atoms. The molecule has 200 valence electrons. The number of carbonyl (C=O) groups is 1. The van der Waals surface area contributed by atoms with Gasteiger partial charge in [-0.15, -0.1) is 0 Å². The standard InChI is InChI=1S/C28H25Cl2N5O4/c1-16-25(27(36)34-22-13-23(37-2)21(30)12-24(22)38-3)26(35-28(33-16)31-15-32-35)17-8-6-9-19(11-17)39-14-18-7-4-5-10-20(18)29/h4-13,15,26H,14H2,1-3H3,(H,34,36)(H,31,32,33)/t26-/m1/s1. The number of fused-ring (bicyclic) bond motifs is 1. The molecule has 0 saturated carbocycles. The Morgan fingerprint density at radius 3 is 2.59 bits per heavy atom. The van der Waals surface area contributed by atoms with Crippen LogP contribution in [-0.4, -0.2) is 34.9 Å². The summed E-state index contributed by atoms with van der Waals surface area (Å²) in [4.78, 5) is 18.1. The van der Waals surface area contributed by atoms with Crippen LogP contribution in [0.4, 0.5) is 11.6 Å². The fourth-order valence-corrected chi connectivity index (χ4v) is 4.81. The molecule has 0 aliphatic carbocycles. The SMILES string of the molecule is COc1cc(NC(=O)C2=C(C)Nc3ncnn3[C@@H]2c2cccc(OCc3ccccc3Cl)c2)c(OC)cc1Cl. The summed E-state index contributed by atoms with van der Waals surface area (Å²) in [7, 11) is 3.00. The van der Waals surface area contributed by atoms with Crippen LogP contribution in [0.15, 0.2) is 78.3 Å². The summed E-state index contributed by atoms with van der Waals surface area (Å²) >= 11 is 12.5. The zero-order valence-corrected chi connectivity index (χ0v) is 22.9. The number of anilines is 2. The van der Waals surface area contributed by atoms with Gasteiger partial charge in [-0.25, -0.2) is 4.68 Å². The normalized spacial score (nSPS) is 14.3. The Balaban J connectivity index is 1.49. The number of methoxy groups -OCH3 is 2. The molecule has 1 aliphatic rings. The number of hydrogen-bond acceptors (Lipinski definition) is 7. The molecule has 0 radical (unpaired) electrons. The van der Waals surface area contributed by atoms with Gasteiger partial charge in [0.15, 0.2) is 0 Å². The van der Waals surface area contributed by atoms with E-state index in [1.54, 1.807) is 16.8 Å². The van der Waals surface area contributed by atoms with Crippen molar-refractivity contribution < 1.29 is 19.0 Å². The Morgan fingerprint density at radius 1 is 1.03 bits per heavy atom. The zero-order chi connectivity index (χ0) is 27.5. The molecule has 1 aromatic heterocycles. The predicted octanol–water partition coefficient (Wildman–Crippen LogP) is 6.11. The summed E-state index contributed by atoms with van der Waals surface area (Å²) in [5, 5.41) is 11.5. The number of aromatic nitrogens is 3. The maximum atomic E-state index is 13.8. The number of ether oxygens (including phenoxy) is 3. The van der Waals surface area contributed by atoms with Gasteiger partial charge in [-0.05, 0) is 30.7 Å². The highest BCUT2D eigenvalue weighted by atomic mass is 35.5. The van der Waals surface area contributed by atoms with Crippen molar-refractivity contribution in [3.05, 3.63) is 99.4 Å². The molecule has 1 amide bonds. The van der Waals surface area contributed by atoms with E-state index in [4.69, 9.17) is 37.4 Å². The summed E-state index contributed by atoms with van der Waals surface area (Å²) < 4.78 is 18.5. The number of allylic oxidation sites excluding steroid dienone is 1. The van der Waals surface area contributed by atoms with Crippen LogP contribution >= 0.6 is 23.2 Å². The first-order valence-electron chi connectivity index (χ1n) is 12.0. The third-order valence-electron chi connectivity index (χ3n) is 6.29. The van der Waals surface area contributed by atoms with Gasteiger partial charge in [-0.1, -0.05) is 53.5 Å². The van der Waals surface area contributed by atoms with Gasteiger partial charge in [0, 0.05) is 28.4 Å². The lowest BCUT2D eigenvalue weighted by molar-refractivity contribution is -0.113. The van der Waals surface area contributed by atoms with E-state index in [-0.39, 0.29) is 5.91 Å². The van der Waals surface area contributed by atoms with Crippen LogP contribution in [-0.2, 0) is 11.4 Å². The topological polar surface area (TPSA) is 99.5 Å². The number of carbonyl (C=O) groups excluding carboxylic acids is 1.